The average Bonchev–Trinajstić information content (AvgIpc) is 2.91. The van der Waals surface area contributed by atoms with Crippen molar-refractivity contribution >= 4 is 5.88 Å². The molecule has 0 bridgehead atoms. The Morgan fingerprint density at radius 2 is 1.85 bits per heavy atom. The van der Waals surface area contributed by atoms with Gasteiger partial charge in [-0.1, -0.05) is 17.3 Å². The molecule has 1 aromatic carbocycles. The van der Waals surface area contributed by atoms with Crippen molar-refractivity contribution in [3.63, 3.8) is 0 Å². The molecule has 4 rings (SSSR count). The van der Waals surface area contributed by atoms with E-state index in [1.807, 2.05) is 24.3 Å². The minimum Gasteiger partial charge on any atom is -0.497 e. The van der Waals surface area contributed by atoms with Crippen molar-refractivity contribution in [3.8, 4) is 16.9 Å². The van der Waals surface area contributed by atoms with Crippen molar-refractivity contribution in [2.75, 3.05) is 12.8 Å². The third-order valence-electron chi connectivity index (χ3n) is 4.75. The van der Waals surface area contributed by atoms with Crippen molar-refractivity contribution in [1.29, 1.82) is 0 Å². The zero-order valence-electron chi connectivity index (χ0n) is 11.5. The molecule has 4 nitrogen and oxygen atoms in total. The van der Waals surface area contributed by atoms with Crippen LogP contribution in [0.2, 0.25) is 0 Å². The summed E-state index contributed by atoms with van der Waals surface area (Å²) in [5.74, 6) is 3.61. The molecule has 20 heavy (non-hydrogen) atoms. The minimum absolute atomic E-state index is 0.422. The summed E-state index contributed by atoms with van der Waals surface area (Å²) in [6.45, 7) is 0. The Morgan fingerprint density at radius 1 is 1.15 bits per heavy atom. The van der Waals surface area contributed by atoms with E-state index in [1.54, 1.807) is 7.11 Å². The van der Waals surface area contributed by atoms with E-state index in [9.17, 15) is 0 Å². The predicted molar refractivity (Wildman–Crippen MR) is 76.5 cm³/mol. The fourth-order valence-electron chi connectivity index (χ4n) is 3.58. The zero-order valence-corrected chi connectivity index (χ0v) is 11.5. The molecule has 2 aliphatic carbocycles. The molecule has 0 saturated heterocycles. The number of nitrogens with zero attached hydrogens (tertiary/aromatic N) is 1. The lowest BCUT2D eigenvalue weighted by Gasteiger charge is -2.11. The molecule has 2 unspecified atom stereocenters. The van der Waals surface area contributed by atoms with Crippen LogP contribution in [0.15, 0.2) is 28.8 Å². The van der Waals surface area contributed by atoms with Crippen LogP contribution in [0.4, 0.5) is 5.88 Å². The first-order valence-corrected chi connectivity index (χ1v) is 7.15. The van der Waals surface area contributed by atoms with Crippen molar-refractivity contribution in [3.05, 3.63) is 30.0 Å². The normalized spacial score (nSPS) is 27.4. The Kier molecular flexibility index (Phi) is 2.52. The molecule has 0 spiro atoms. The summed E-state index contributed by atoms with van der Waals surface area (Å²) in [5, 5.41) is 4.24. The molecule has 2 aliphatic rings. The van der Waals surface area contributed by atoms with E-state index in [0.717, 1.165) is 34.4 Å². The molecule has 2 aromatic rings. The molecule has 2 atom stereocenters. The lowest BCUT2D eigenvalue weighted by atomic mass is 9.93. The van der Waals surface area contributed by atoms with Gasteiger partial charge in [-0.05, 0) is 48.8 Å². The van der Waals surface area contributed by atoms with Gasteiger partial charge in [-0.25, -0.2) is 0 Å². The number of benzene rings is 1. The van der Waals surface area contributed by atoms with Crippen LogP contribution in [-0.4, -0.2) is 12.3 Å². The first-order chi connectivity index (χ1) is 9.76. The maximum Gasteiger partial charge on any atom is 0.230 e. The van der Waals surface area contributed by atoms with E-state index in [0.29, 0.717) is 11.8 Å². The summed E-state index contributed by atoms with van der Waals surface area (Å²) < 4.78 is 10.5. The average molecular weight is 270 g/mol. The molecule has 0 radical (unpaired) electrons. The largest absolute Gasteiger partial charge is 0.497 e. The number of hydrogen-bond acceptors (Lipinski definition) is 4. The summed E-state index contributed by atoms with van der Waals surface area (Å²) >= 11 is 0. The van der Waals surface area contributed by atoms with Gasteiger partial charge in [-0.15, -0.1) is 0 Å². The van der Waals surface area contributed by atoms with Crippen LogP contribution in [0.5, 0.6) is 5.75 Å². The van der Waals surface area contributed by atoms with Crippen LogP contribution >= 0.6 is 0 Å². The van der Waals surface area contributed by atoms with Gasteiger partial charge in [0.2, 0.25) is 5.88 Å². The van der Waals surface area contributed by atoms with Crippen LogP contribution < -0.4 is 10.5 Å². The Morgan fingerprint density at radius 3 is 2.50 bits per heavy atom. The number of nitrogens with two attached hydrogens (primary N) is 1. The van der Waals surface area contributed by atoms with E-state index >= 15 is 0 Å². The molecular formula is C16H18N2O2. The van der Waals surface area contributed by atoms with E-state index in [4.69, 9.17) is 15.0 Å². The first kappa shape index (κ1) is 11.8. The Labute approximate surface area is 117 Å². The second-order valence-corrected chi connectivity index (χ2v) is 5.96. The molecule has 0 amide bonds. The fraction of sp³-hybridized carbons (Fsp3) is 0.438. The van der Waals surface area contributed by atoms with Gasteiger partial charge in [0.15, 0.2) is 0 Å². The molecule has 1 aromatic heterocycles. The maximum absolute atomic E-state index is 6.00. The summed E-state index contributed by atoms with van der Waals surface area (Å²) in [6, 6.07) is 7.91. The van der Waals surface area contributed by atoms with Gasteiger partial charge in [0, 0.05) is 5.92 Å². The number of aromatic nitrogens is 1. The maximum atomic E-state index is 6.00. The third kappa shape index (κ3) is 1.79. The van der Waals surface area contributed by atoms with Crippen LogP contribution in [0.3, 0.4) is 0 Å². The summed E-state index contributed by atoms with van der Waals surface area (Å²) in [6.07, 6.45) is 3.88. The number of rotatable bonds is 3. The number of methoxy groups -OCH3 is 1. The summed E-state index contributed by atoms with van der Waals surface area (Å²) in [4.78, 5) is 0. The van der Waals surface area contributed by atoms with Crippen LogP contribution in [0.25, 0.3) is 11.1 Å². The van der Waals surface area contributed by atoms with Gasteiger partial charge in [0.1, 0.15) is 5.75 Å². The monoisotopic (exact) mass is 270 g/mol. The van der Waals surface area contributed by atoms with E-state index in [1.165, 1.54) is 19.3 Å². The molecule has 1 heterocycles. The molecule has 4 heteroatoms. The van der Waals surface area contributed by atoms with Crippen molar-refractivity contribution in [1.82, 2.24) is 5.16 Å². The lowest BCUT2D eigenvalue weighted by molar-refractivity contribution is 0.415. The van der Waals surface area contributed by atoms with Crippen LogP contribution in [0, 0.1) is 11.8 Å². The van der Waals surface area contributed by atoms with Gasteiger partial charge < -0.3 is 15.0 Å². The number of ether oxygens (including phenoxy) is 1. The summed E-state index contributed by atoms with van der Waals surface area (Å²) in [7, 11) is 1.67. The van der Waals surface area contributed by atoms with Gasteiger partial charge in [0.25, 0.3) is 0 Å². The zero-order chi connectivity index (χ0) is 13.7. The highest BCUT2D eigenvalue weighted by atomic mass is 16.5. The Bertz CT molecular complexity index is 622. The van der Waals surface area contributed by atoms with E-state index < -0.39 is 0 Å². The Hall–Kier alpha value is -1.97. The number of nitrogen functional groups attached to an aromatic ring is 1. The molecule has 2 N–H and O–H groups in total. The fourth-order valence-corrected chi connectivity index (χ4v) is 3.58. The van der Waals surface area contributed by atoms with Crippen LogP contribution in [0.1, 0.15) is 30.9 Å². The molecular weight excluding hydrogens is 252 g/mol. The molecule has 104 valence electrons. The first-order valence-electron chi connectivity index (χ1n) is 7.15. The Balaban J connectivity index is 1.70. The van der Waals surface area contributed by atoms with Gasteiger partial charge in [0.05, 0.1) is 18.4 Å². The van der Waals surface area contributed by atoms with Crippen molar-refractivity contribution in [2.24, 2.45) is 11.8 Å². The number of anilines is 1. The number of hydrogen-bond donors (Lipinski definition) is 1. The molecule has 0 aliphatic heterocycles. The third-order valence-corrected chi connectivity index (χ3v) is 4.75. The quantitative estimate of drug-likeness (QED) is 0.928. The molecule has 2 saturated carbocycles. The van der Waals surface area contributed by atoms with E-state index in [2.05, 4.69) is 5.16 Å². The highest BCUT2D eigenvalue weighted by molar-refractivity contribution is 5.76. The highest BCUT2D eigenvalue weighted by Crippen LogP contribution is 2.58. The van der Waals surface area contributed by atoms with Crippen molar-refractivity contribution < 1.29 is 9.26 Å². The van der Waals surface area contributed by atoms with Crippen molar-refractivity contribution in [2.45, 2.75) is 25.2 Å². The van der Waals surface area contributed by atoms with Gasteiger partial charge >= 0.3 is 0 Å². The highest BCUT2D eigenvalue weighted by Gasteiger charge is 2.47. The SMILES string of the molecule is COc1ccc(-c2c(C3CC4CC4C3)noc2N)cc1. The summed E-state index contributed by atoms with van der Waals surface area (Å²) in [5.41, 5.74) is 9.07. The second-order valence-electron chi connectivity index (χ2n) is 5.96. The van der Waals surface area contributed by atoms with Gasteiger partial charge in [-0.3, -0.25) is 0 Å². The van der Waals surface area contributed by atoms with Crippen LogP contribution in [-0.2, 0) is 0 Å². The smallest absolute Gasteiger partial charge is 0.230 e. The van der Waals surface area contributed by atoms with Gasteiger partial charge in [-0.2, -0.15) is 0 Å². The predicted octanol–water partition coefficient (Wildman–Crippen LogP) is 3.45. The minimum atomic E-state index is 0.422. The topological polar surface area (TPSA) is 61.3 Å². The molecule has 2 fully saturated rings. The standard InChI is InChI=1S/C16H18N2O2/c1-19-13-4-2-9(3-5-13)14-15(18-20-16(14)17)12-7-10-6-11(10)8-12/h2-5,10-12H,6-8,17H2,1H3. The number of fused-ring (bicyclic) bond motifs is 1. The van der Waals surface area contributed by atoms with E-state index in [-0.39, 0.29) is 0 Å². The lowest BCUT2D eigenvalue weighted by Crippen LogP contribution is -1.99. The second kappa shape index (κ2) is 4.27.